The molecular weight excluding hydrogens is 673 g/mol. The highest BCUT2D eigenvalue weighted by atomic mass is 127. The number of carbonyl (C=O) groups is 1. The number of pyridine rings is 1. The highest BCUT2D eigenvalue weighted by Crippen LogP contribution is 2.25. The number of aromatic nitrogens is 3. The maximum Gasteiger partial charge on any atom is 0.255 e. The molecule has 0 spiro atoms. The molecule has 230 valence electrons. The van der Waals surface area contributed by atoms with Crippen LogP contribution in [-0.2, 0) is 13.1 Å². The molecule has 2 N–H and O–H groups in total. The molecule has 1 saturated heterocycles. The van der Waals surface area contributed by atoms with Crippen molar-refractivity contribution in [1.82, 2.24) is 24.8 Å². The van der Waals surface area contributed by atoms with Gasteiger partial charge < -0.3 is 10.6 Å². The average molecular weight is 712 g/mol. The number of hydrogen-bond acceptors (Lipinski definition) is 7. The van der Waals surface area contributed by atoms with Crippen molar-refractivity contribution in [2.75, 3.05) is 36.8 Å². The molecule has 1 amide bonds. The maximum atomic E-state index is 13.1. The van der Waals surface area contributed by atoms with E-state index < -0.39 is 0 Å². The van der Waals surface area contributed by atoms with Crippen molar-refractivity contribution in [1.29, 1.82) is 0 Å². The summed E-state index contributed by atoms with van der Waals surface area (Å²) in [5.74, 6) is 0.325. The Kier molecular flexibility index (Phi) is 10.9. The third-order valence-corrected chi connectivity index (χ3v) is 8.48. The van der Waals surface area contributed by atoms with Gasteiger partial charge in [0.2, 0.25) is 5.95 Å². The van der Waals surface area contributed by atoms with Crippen LogP contribution in [0.25, 0.3) is 11.3 Å². The zero-order chi connectivity index (χ0) is 30.3. The number of aryl methyl sites for hydroxylation is 1. The summed E-state index contributed by atoms with van der Waals surface area (Å²) < 4.78 is 1.27. The molecule has 8 nitrogen and oxygen atoms in total. The molecule has 2 aromatic heterocycles. The molecule has 0 atom stereocenters. The van der Waals surface area contributed by atoms with Gasteiger partial charge in [-0.2, -0.15) is 0 Å². The molecule has 1 aliphatic heterocycles. The molecule has 0 aliphatic carbocycles. The number of rotatable bonds is 9. The van der Waals surface area contributed by atoms with Gasteiger partial charge in [-0.3, -0.25) is 19.6 Å². The number of nitrogens with one attached hydrogen (secondary N) is 2. The Balaban J connectivity index is 0.00000400. The van der Waals surface area contributed by atoms with Crippen molar-refractivity contribution in [2.24, 2.45) is 0 Å². The summed E-state index contributed by atoms with van der Waals surface area (Å²) in [6.07, 6.45) is 5.22. The van der Waals surface area contributed by atoms with E-state index in [0.717, 1.165) is 61.8 Å². The first-order chi connectivity index (χ1) is 21.5. The van der Waals surface area contributed by atoms with Crippen LogP contribution in [0.4, 0.5) is 17.3 Å². The van der Waals surface area contributed by atoms with Crippen molar-refractivity contribution < 1.29 is 4.79 Å². The predicted octanol–water partition coefficient (Wildman–Crippen LogP) is 7.40. The number of nitrogens with zero attached hydrogens (tertiary/aromatic N) is 5. The van der Waals surface area contributed by atoms with Gasteiger partial charge in [-0.25, -0.2) is 9.97 Å². The summed E-state index contributed by atoms with van der Waals surface area (Å²) in [5.41, 5.74) is 7.42. The van der Waals surface area contributed by atoms with Gasteiger partial charge in [-0.05, 0) is 101 Å². The zero-order valence-corrected chi connectivity index (χ0v) is 26.7. The van der Waals surface area contributed by atoms with Crippen LogP contribution in [0.1, 0.15) is 34.5 Å². The van der Waals surface area contributed by atoms with E-state index in [4.69, 9.17) is 0 Å². The van der Waals surface area contributed by atoms with E-state index in [1.54, 1.807) is 18.6 Å². The zero-order valence-electron chi connectivity index (χ0n) is 24.6. The first-order valence-electron chi connectivity index (χ1n) is 14.7. The van der Waals surface area contributed by atoms with E-state index in [2.05, 4.69) is 94.4 Å². The van der Waals surface area contributed by atoms with E-state index in [0.29, 0.717) is 17.2 Å². The molecule has 1 aliphatic rings. The van der Waals surface area contributed by atoms with Crippen molar-refractivity contribution in [3.05, 3.63) is 129 Å². The Morgan fingerprint density at radius 1 is 0.844 bits per heavy atom. The van der Waals surface area contributed by atoms with Crippen molar-refractivity contribution in [3.63, 3.8) is 0 Å². The quantitative estimate of drug-likeness (QED) is 0.154. The number of amides is 1. The summed E-state index contributed by atoms with van der Waals surface area (Å²) in [4.78, 5) is 31.3. The smallest absolute Gasteiger partial charge is 0.255 e. The van der Waals surface area contributed by atoms with Gasteiger partial charge in [0.25, 0.3) is 5.91 Å². The highest BCUT2D eigenvalue weighted by Gasteiger charge is 2.17. The van der Waals surface area contributed by atoms with Gasteiger partial charge in [-0.15, -0.1) is 0 Å². The normalized spacial score (nSPS) is 13.6. The largest absolute Gasteiger partial charge is 0.324 e. The summed E-state index contributed by atoms with van der Waals surface area (Å²) in [5, 5.41) is 6.33. The van der Waals surface area contributed by atoms with Crippen LogP contribution in [0.2, 0.25) is 0 Å². The third kappa shape index (κ3) is 8.72. The number of piperazine rings is 1. The Morgan fingerprint density at radius 3 is 2.16 bits per heavy atom. The summed E-state index contributed by atoms with van der Waals surface area (Å²) in [6, 6.07) is 28.2. The topological polar surface area (TPSA) is 86.3 Å². The predicted molar refractivity (Wildman–Crippen MR) is 191 cm³/mol. The standard InChI is InChI=1S/C35H34IN7O.CH4/c1-25-4-13-31(21-33(25)41-35-38-16-14-32(40-35)29-3-2-15-37-22-29)39-34(44)28-9-5-26(6-10-28)23-42-17-19-43(20-18-42)24-27-7-11-30(36)12-8-27;/h2-16,21-22H,17-20,23-24H2,1H3,(H,39,44)(H,38,40,41);1H4. The average Bonchev–Trinajstić information content (AvgIpc) is 3.05. The van der Waals surface area contributed by atoms with Crippen LogP contribution < -0.4 is 10.6 Å². The molecule has 1 fully saturated rings. The van der Waals surface area contributed by atoms with E-state index in [-0.39, 0.29) is 13.3 Å². The lowest BCUT2D eigenvalue weighted by molar-refractivity contribution is 0.102. The fourth-order valence-corrected chi connectivity index (χ4v) is 5.58. The Morgan fingerprint density at radius 2 is 1.51 bits per heavy atom. The van der Waals surface area contributed by atoms with Crippen LogP contribution in [0.3, 0.4) is 0 Å². The molecule has 5 aromatic rings. The second-order valence-corrected chi connectivity index (χ2v) is 12.2. The number of halogens is 1. The minimum atomic E-state index is -0.148. The SMILES string of the molecule is C.Cc1ccc(NC(=O)c2ccc(CN3CCN(Cc4ccc(I)cc4)CC3)cc2)cc1Nc1nccc(-c2cccnc2)n1. The van der Waals surface area contributed by atoms with E-state index in [1.807, 2.05) is 55.5 Å². The highest BCUT2D eigenvalue weighted by molar-refractivity contribution is 14.1. The minimum Gasteiger partial charge on any atom is -0.324 e. The Labute approximate surface area is 279 Å². The van der Waals surface area contributed by atoms with E-state index >= 15 is 0 Å². The Hall–Kier alpha value is -4.19. The lowest BCUT2D eigenvalue weighted by Gasteiger charge is -2.34. The van der Waals surface area contributed by atoms with Crippen LogP contribution in [0.15, 0.2) is 104 Å². The molecule has 45 heavy (non-hydrogen) atoms. The molecule has 6 rings (SSSR count). The summed E-state index contributed by atoms with van der Waals surface area (Å²) in [6.45, 7) is 8.08. The lowest BCUT2D eigenvalue weighted by Crippen LogP contribution is -2.45. The molecule has 9 heteroatoms. The monoisotopic (exact) mass is 711 g/mol. The van der Waals surface area contributed by atoms with Gasteiger partial charge in [0.15, 0.2) is 0 Å². The van der Waals surface area contributed by atoms with Crippen molar-refractivity contribution in [3.8, 4) is 11.3 Å². The lowest BCUT2D eigenvalue weighted by atomic mass is 10.1. The van der Waals surface area contributed by atoms with Gasteiger partial charge in [0.05, 0.1) is 5.69 Å². The number of anilines is 3. The molecule has 0 bridgehead atoms. The van der Waals surface area contributed by atoms with E-state index in [1.165, 1.54) is 14.7 Å². The maximum absolute atomic E-state index is 13.1. The number of carbonyl (C=O) groups excluding carboxylic acids is 1. The molecule has 3 heterocycles. The summed E-state index contributed by atoms with van der Waals surface area (Å²) >= 11 is 2.35. The van der Waals surface area contributed by atoms with Gasteiger partial charge in [-0.1, -0.05) is 37.8 Å². The Bertz CT molecular complexity index is 1700. The molecular formula is C36H38IN7O. The van der Waals surface area contributed by atoms with Crippen LogP contribution in [0, 0.1) is 10.5 Å². The van der Waals surface area contributed by atoms with Crippen LogP contribution in [0.5, 0.6) is 0 Å². The van der Waals surface area contributed by atoms with Gasteiger partial charge in [0.1, 0.15) is 0 Å². The minimum absolute atomic E-state index is 0. The van der Waals surface area contributed by atoms with Gasteiger partial charge in [0, 0.05) is 83.9 Å². The van der Waals surface area contributed by atoms with Gasteiger partial charge >= 0.3 is 0 Å². The second kappa shape index (κ2) is 15.2. The molecule has 3 aromatic carbocycles. The van der Waals surface area contributed by atoms with Crippen LogP contribution in [-0.4, -0.2) is 56.8 Å². The molecule has 0 unspecified atom stereocenters. The number of benzene rings is 3. The summed E-state index contributed by atoms with van der Waals surface area (Å²) in [7, 11) is 0. The second-order valence-electron chi connectivity index (χ2n) is 11.0. The third-order valence-electron chi connectivity index (χ3n) is 7.76. The van der Waals surface area contributed by atoms with Crippen LogP contribution >= 0.6 is 22.6 Å². The van der Waals surface area contributed by atoms with Crippen molar-refractivity contribution >= 4 is 45.8 Å². The van der Waals surface area contributed by atoms with Crippen molar-refractivity contribution in [2.45, 2.75) is 27.4 Å². The van der Waals surface area contributed by atoms with E-state index in [9.17, 15) is 4.79 Å². The first kappa shape index (κ1) is 32.2. The fourth-order valence-electron chi connectivity index (χ4n) is 5.23. The first-order valence-corrected chi connectivity index (χ1v) is 15.8. The number of hydrogen-bond donors (Lipinski definition) is 2. The fraction of sp³-hybridized carbons (Fsp3) is 0.222. The molecule has 0 saturated carbocycles. The molecule has 0 radical (unpaired) electrons.